The first-order valence-corrected chi connectivity index (χ1v) is 5.73. The van der Waals surface area contributed by atoms with E-state index in [1.807, 2.05) is 13.0 Å². The van der Waals surface area contributed by atoms with Crippen LogP contribution in [0.1, 0.15) is 6.92 Å². The van der Waals surface area contributed by atoms with Gasteiger partial charge in [-0.2, -0.15) is 5.26 Å². The van der Waals surface area contributed by atoms with E-state index in [9.17, 15) is 4.79 Å². The van der Waals surface area contributed by atoms with Gasteiger partial charge in [0.05, 0.1) is 25.9 Å². The minimum atomic E-state index is -1.03. The molecule has 5 nitrogen and oxygen atoms in total. The third-order valence-corrected chi connectivity index (χ3v) is 2.77. The van der Waals surface area contributed by atoms with Gasteiger partial charge < -0.3 is 14.8 Å². The van der Waals surface area contributed by atoms with Crippen LogP contribution in [0.4, 0.5) is 5.69 Å². The van der Waals surface area contributed by atoms with Crippen molar-refractivity contribution >= 4 is 11.6 Å². The van der Waals surface area contributed by atoms with E-state index >= 15 is 0 Å². The zero-order chi connectivity index (χ0) is 13.0. The summed E-state index contributed by atoms with van der Waals surface area (Å²) in [4.78, 5) is 11.9. The van der Waals surface area contributed by atoms with Gasteiger partial charge in [0.15, 0.2) is 5.41 Å². The third kappa shape index (κ3) is 2.29. The molecule has 94 valence electrons. The average Bonchev–Trinajstić information content (AvgIpc) is 2.31. The van der Waals surface area contributed by atoms with Crippen LogP contribution in [-0.2, 0) is 9.53 Å². The predicted molar refractivity (Wildman–Crippen MR) is 65.1 cm³/mol. The van der Waals surface area contributed by atoms with Gasteiger partial charge in [0.2, 0.25) is 5.91 Å². The van der Waals surface area contributed by atoms with Crippen LogP contribution in [0.15, 0.2) is 24.3 Å². The van der Waals surface area contributed by atoms with Crippen molar-refractivity contribution in [1.82, 2.24) is 0 Å². The Morgan fingerprint density at radius 2 is 2.17 bits per heavy atom. The summed E-state index contributed by atoms with van der Waals surface area (Å²) in [5.74, 6) is 0.429. The molecule has 1 aliphatic heterocycles. The summed E-state index contributed by atoms with van der Waals surface area (Å²) in [5, 5.41) is 11.7. The molecule has 0 radical (unpaired) electrons. The Bertz CT molecular complexity index is 472. The van der Waals surface area contributed by atoms with Crippen molar-refractivity contribution in [3.05, 3.63) is 24.3 Å². The highest BCUT2D eigenvalue weighted by Crippen LogP contribution is 2.28. The van der Waals surface area contributed by atoms with Crippen molar-refractivity contribution in [1.29, 1.82) is 5.26 Å². The Hall–Kier alpha value is -2.06. The van der Waals surface area contributed by atoms with E-state index in [1.165, 1.54) is 0 Å². The molecule has 0 aromatic heterocycles. The summed E-state index contributed by atoms with van der Waals surface area (Å²) >= 11 is 0. The molecule has 2 rings (SSSR count). The smallest absolute Gasteiger partial charge is 0.249 e. The maximum atomic E-state index is 11.9. The van der Waals surface area contributed by atoms with Crippen LogP contribution in [0.2, 0.25) is 0 Å². The van der Waals surface area contributed by atoms with Gasteiger partial charge in [0.25, 0.3) is 0 Å². The van der Waals surface area contributed by atoms with Gasteiger partial charge in [-0.1, -0.05) is 0 Å². The van der Waals surface area contributed by atoms with Crippen molar-refractivity contribution in [2.45, 2.75) is 6.92 Å². The Balaban J connectivity index is 2.01. The maximum Gasteiger partial charge on any atom is 0.249 e. The highest BCUT2D eigenvalue weighted by atomic mass is 16.5. The van der Waals surface area contributed by atoms with E-state index in [0.29, 0.717) is 12.3 Å². The van der Waals surface area contributed by atoms with E-state index in [0.717, 1.165) is 5.75 Å². The normalized spacial score (nSPS) is 16.2. The van der Waals surface area contributed by atoms with Crippen LogP contribution >= 0.6 is 0 Å². The van der Waals surface area contributed by atoms with E-state index in [-0.39, 0.29) is 19.1 Å². The molecule has 0 unspecified atom stereocenters. The van der Waals surface area contributed by atoms with E-state index in [1.54, 1.807) is 24.3 Å². The van der Waals surface area contributed by atoms with Gasteiger partial charge in [-0.3, -0.25) is 4.79 Å². The topological polar surface area (TPSA) is 71.3 Å². The number of nitrogens with zero attached hydrogens (tertiary/aromatic N) is 1. The predicted octanol–water partition coefficient (Wildman–Crippen LogP) is 1.56. The van der Waals surface area contributed by atoms with Gasteiger partial charge in [-0.05, 0) is 31.2 Å². The lowest BCUT2D eigenvalue weighted by atomic mass is 9.87. The zero-order valence-corrected chi connectivity index (χ0v) is 10.1. The summed E-state index contributed by atoms with van der Waals surface area (Å²) in [6.45, 7) is 2.82. The number of benzene rings is 1. The Morgan fingerprint density at radius 1 is 1.50 bits per heavy atom. The van der Waals surface area contributed by atoms with E-state index in [2.05, 4.69) is 5.32 Å². The number of hydrogen-bond acceptors (Lipinski definition) is 4. The van der Waals surface area contributed by atoms with Crippen molar-refractivity contribution in [2.75, 3.05) is 25.1 Å². The zero-order valence-electron chi connectivity index (χ0n) is 10.1. The number of hydrogen-bond donors (Lipinski definition) is 1. The van der Waals surface area contributed by atoms with E-state index < -0.39 is 5.41 Å². The number of anilines is 1. The third-order valence-electron chi connectivity index (χ3n) is 2.77. The molecule has 1 fully saturated rings. The lowest BCUT2D eigenvalue weighted by Gasteiger charge is -2.33. The summed E-state index contributed by atoms with van der Waals surface area (Å²) < 4.78 is 10.2. The molecular weight excluding hydrogens is 232 g/mol. The van der Waals surface area contributed by atoms with Crippen LogP contribution in [0.5, 0.6) is 5.75 Å². The Morgan fingerprint density at radius 3 is 2.61 bits per heavy atom. The number of nitrogens with one attached hydrogen (secondary N) is 1. The average molecular weight is 246 g/mol. The molecule has 0 saturated carbocycles. The molecule has 1 aromatic carbocycles. The second-order valence-corrected chi connectivity index (χ2v) is 4.10. The first-order valence-electron chi connectivity index (χ1n) is 5.73. The minimum Gasteiger partial charge on any atom is -0.494 e. The van der Waals surface area contributed by atoms with Gasteiger partial charge >= 0.3 is 0 Å². The van der Waals surface area contributed by atoms with Gasteiger partial charge in [0, 0.05) is 5.69 Å². The van der Waals surface area contributed by atoms with Crippen molar-refractivity contribution in [3.63, 3.8) is 0 Å². The summed E-state index contributed by atoms with van der Waals surface area (Å²) in [6.07, 6.45) is 0. The molecule has 0 atom stereocenters. The van der Waals surface area contributed by atoms with Crippen molar-refractivity contribution in [2.24, 2.45) is 5.41 Å². The molecule has 0 spiro atoms. The molecule has 5 heteroatoms. The van der Waals surface area contributed by atoms with Crippen LogP contribution < -0.4 is 10.1 Å². The number of ether oxygens (including phenoxy) is 2. The van der Waals surface area contributed by atoms with Gasteiger partial charge in [0.1, 0.15) is 5.75 Å². The molecule has 1 heterocycles. The van der Waals surface area contributed by atoms with Crippen LogP contribution in [0, 0.1) is 16.7 Å². The maximum absolute atomic E-state index is 11.9. The second kappa shape index (κ2) is 5.07. The van der Waals surface area contributed by atoms with Gasteiger partial charge in [-0.15, -0.1) is 0 Å². The van der Waals surface area contributed by atoms with E-state index in [4.69, 9.17) is 14.7 Å². The van der Waals surface area contributed by atoms with Crippen LogP contribution in [0.25, 0.3) is 0 Å². The largest absolute Gasteiger partial charge is 0.494 e. The van der Waals surface area contributed by atoms with Crippen LogP contribution in [-0.4, -0.2) is 25.7 Å². The number of nitriles is 1. The van der Waals surface area contributed by atoms with Crippen LogP contribution in [0.3, 0.4) is 0 Å². The molecule has 1 N–H and O–H groups in total. The Labute approximate surface area is 105 Å². The molecular formula is C13H14N2O3. The number of carbonyl (C=O) groups is 1. The number of amides is 1. The fourth-order valence-corrected chi connectivity index (χ4v) is 1.60. The quantitative estimate of drug-likeness (QED) is 0.875. The first kappa shape index (κ1) is 12.4. The molecule has 1 aromatic rings. The van der Waals surface area contributed by atoms with Crippen molar-refractivity contribution in [3.8, 4) is 11.8 Å². The standard InChI is InChI=1S/C13H14N2O3/c1-2-18-11-5-3-10(4-6-11)15-12(16)13(7-14)8-17-9-13/h3-6H,2,8-9H2,1H3,(H,15,16). The monoisotopic (exact) mass is 246 g/mol. The molecule has 1 amide bonds. The second-order valence-electron chi connectivity index (χ2n) is 4.10. The molecule has 1 aliphatic rings. The first-order chi connectivity index (χ1) is 8.70. The molecule has 0 bridgehead atoms. The van der Waals surface area contributed by atoms with Crippen molar-refractivity contribution < 1.29 is 14.3 Å². The lowest BCUT2D eigenvalue weighted by Crippen LogP contribution is -2.50. The highest BCUT2D eigenvalue weighted by molar-refractivity contribution is 5.98. The summed E-state index contributed by atoms with van der Waals surface area (Å²) in [6, 6.07) is 9.04. The van der Waals surface area contributed by atoms with Gasteiger partial charge in [-0.25, -0.2) is 0 Å². The lowest BCUT2D eigenvalue weighted by molar-refractivity contribution is -0.144. The molecule has 18 heavy (non-hydrogen) atoms. The molecule has 0 aliphatic carbocycles. The fourth-order valence-electron chi connectivity index (χ4n) is 1.60. The Kier molecular flexibility index (Phi) is 3.49. The number of carbonyl (C=O) groups excluding carboxylic acids is 1. The fraction of sp³-hybridized carbons (Fsp3) is 0.385. The molecule has 1 saturated heterocycles. The number of rotatable bonds is 4. The highest BCUT2D eigenvalue weighted by Gasteiger charge is 2.46. The minimum absolute atomic E-state index is 0.159. The summed E-state index contributed by atoms with van der Waals surface area (Å²) in [7, 11) is 0. The summed E-state index contributed by atoms with van der Waals surface area (Å²) in [5.41, 5.74) is -0.386. The SMILES string of the molecule is CCOc1ccc(NC(=O)C2(C#N)COC2)cc1.